The Morgan fingerprint density at radius 2 is 2.11 bits per heavy atom. The molecular weight excluding hydrogens is 388 g/mol. The maximum atomic E-state index is 11.9. The summed E-state index contributed by atoms with van der Waals surface area (Å²) in [5.74, 6) is -0.618. The Balaban J connectivity index is 2.40. The molecule has 2 heterocycles. The number of thiocarbonyl (C=S) groups is 1. The predicted octanol–water partition coefficient (Wildman–Crippen LogP) is 2.06. The Hall–Kier alpha value is -0.990. The summed E-state index contributed by atoms with van der Waals surface area (Å²) >= 11 is 11.3. The quantitative estimate of drug-likeness (QED) is 0.450. The molecule has 0 aromatic carbocycles. The Labute approximate surface area is 124 Å². The number of hydrogen-bond acceptors (Lipinski definition) is 4. The van der Waals surface area contributed by atoms with Gasteiger partial charge in [-0.1, -0.05) is 0 Å². The highest BCUT2D eigenvalue weighted by atomic mass is 79.9. The minimum absolute atomic E-state index is 0.0279. The van der Waals surface area contributed by atoms with E-state index < -0.39 is 11.8 Å². The van der Waals surface area contributed by atoms with Crippen molar-refractivity contribution in [2.24, 2.45) is 0 Å². The summed E-state index contributed by atoms with van der Waals surface area (Å²) in [5, 5.41) is 2.50. The normalized spacial score (nSPS) is 18.5. The fraction of sp³-hybridized carbons (Fsp3) is 0.100. The van der Waals surface area contributed by atoms with E-state index in [1.165, 1.54) is 18.0 Å². The smallest absolute Gasteiger partial charge is 0.265 e. The molecule has 0 aliphatic carbocycles. The van der Waals surface area contributed by atoms with Gasteiger partial charge in [0.25, 0.3) is 11.8 Å². The van der Waals surface area contributed by atoms with Crippen molar-refractivity contribution in [3.63, 3.8) is 0 Å². The molecule has 1 N–H and O–H groups in total. The summed E-state index contributed by atoms with van der Waals surface area (Å²) in [6, 6.07) is 1.64. The van der Waals surface area contributed by atoms with Crippen LogP contribution in [-0.2, 0) is 9.59 Å². The van der Waals surface area contributed by atoms with Crippen molar-refractivity contribution < 1.29 is 14.0 Å². The number of nitrogens with zero attached hydrogens (tertiary/aromatic N) is 1. The molecule has 1 aromatic rings. The van der Waals surface area contributed by atoms with Crippen molar-refractivity contribution in [3.05, 3.63) is 26.5 Å². The first kappa shape index (κ1) is 13.4. The second-order valence-corrected chi connectivity index (χ2v) is 5.41. The van der Waals surface area contributed by atoms with Gasteiger partial charge >= 0.3 is 0 Å². The molecule has 0 bridgehead atoms. The van der Waals surface area contributed by atoms with Crippen LogP contribution in [0.5, 0.6) is 0 Å². The van der Waals surface area contributed by atoms with Gasteiger partial charge in [0.2, 0.25) is 0 Å². The lowest BCUT2D eigenvalue weighted by Gasteiger charge is -2.24. The molecule has 94 valence electrons. The van der Waals surface area contributed by atoms with Crippen LogP contribution < -0.4 is 5.32 Å². The molecule has 0 radical (unpaired) electrons. The Morgan fingerprint density at radius 3 is 2.67 bits per heavy atom. The number of nitrogens with one attached hydrogen (secondary N) is 1. The summed E-state index contributed by atoms with van der Waals surface area (Å²) in [6.45, 7) is 0. The average Bonchev–Trinajstić information content (AvgIpc) is 2.61. The van der Waals surface area contributed by atoms with E-state index in [9.17, 15) is 9.59 Å². The van der Waals surface area contributed by atoms with E-state index in [2.05, 4.69) is 37.2 Å². The molecule has 0 atom stereocenters. The summed E-state index contributed by atoms with van der Waals surface area (Å²) in [7, 11) is 1.49. The van der Waals surface area contributed by atoms with Gasteiger partial charge in [-0.2, -0.15) is 0 Å². The number of carbonyl (C=O) groups excluding carboxylic acids is 2. The van der Waals surface area contributed by atoms with Crippen molar-refractivity contribution in [1.82, 2.24) is 10.2 Å². The van der Waals surface area contributed by atoms with Crippen LogP contribution in [0.2, 0.25) is 0 Å². The number of furan rings is 1. The minimum Gasteiger partial charge on any atom is -0.449 e. The summed E-state index contributed by atoms with van der Waals surface area (Å²) < 4.78 is 6.47. The molecule has 1 aliphatic heterocycles. The predicted molar refractivity (Wildman–Crippen MR) is 75.6 cm³/mol. The van der Waals surface area contributed by atoms with Crippen LogP contribution in [0, 0.1) is 0 Å². The van der Waals surface area contributed by atoms with Crippen LogP contribution in [0.1, 0.15) is 5.76 Å². The Bertz CT molecular complexity index is 574. The Morgan fingerprint density at radius 1 is 1.44 bits per heavy atom. The van der Waals surface area contributed by atoms with Crippen LogP contribution in [0.3, 0.4) is 0 Å². The number of amides is 2. The monoisotopic (exact) mass is 392 g/mol. The lowest BCUT2D eigenvalue weighted by molar-refractivity contribution is -0.128. The maximum Gasteiger partial charge on any atom is 0.265 e. The zero-order chi connectivity index (χ0) is 13.4. The highest BCUT2D eigenvalue weighted by Gasteiger charge is 2.31. The van der Waals surface area contributed by atoms with Gasteiger partial charge in [0.05, 0.1) is 4.47 Å². The second-order valence-electron chi connectivity index (χ2n) is 3.45. The van der Waals surface area contributed by atoms with Gasteiger partial charge in [-0.25, -0.2) is 0 Å². The lowest BCUT2D eigenvalue weighted by Crippen LogP contribution is -2.52. The molecule has 18 heavy (non-hydrogen) atoms. The standard InChI is InChI=1S/C10H6Br2N2O3S/c1-14-9(16)5(8(15)13-10(14)18)2-4-3-6(11)7(12)17-4/h2-3H,1H3,(H,13,15,18). The van der Waals surface area contributed by atoms with Gasteiger partial charge in [-0.3, -0.25) is 19.8 Å². The second kappa shape index (κ2) is 4.94. The van der Waals surface area contributed by atoms with Gasteiger partial charge in [-0.05, 0) is 56.2 Å². The summed E-state index contributed by atoms with van der Waals surface area (Å²) in [5.41, 5.74) is -0.0279. The van der Waals surface area contributed by atoms with Crippen molar-refractivity contribution in [3.8, 4) is 0 Å². The first-order chi connectivity index (χ1) is 8.40. The molecule has 1 fully saturated rings. The fourth-order valence-electron chi connectivity index (χ4n) is 1.32. The molecule has 2 amide bonds. The van der Waals surface area contributed by atoms with Gasteiger partial charge in [0.15, 0.2) is 9.78 Å². The summed E-state index contributed by atoms with van der Waals surface area (Å²) in [4.78, 5) is 24.8. The highest BCUT2D eigenvalue weighted by Crippen LogP contribution is 2.28. The van der Waals surface area contributed by atoms with E-state index in [4.69, 9.17) is 16.6 Å². The van der Waals surface area contributed by atoms with Gasteiger partial charge < -0.3 is 4.42 Å². The minimum atomic E-state index is -0.535. The first-order valence-electron chi connectivity index (χ1n) is 4.70. The number of carbonyl (C=O) groups is 2. The SMILES string of the molecule is CN1C(=O)C(=Cc2cc(Br)c(Br)o2)C(=O)NC1=S. The topological polar surface area (TPSA) is 62.6 Å². The molecule has 0 saturated carbocycles. The van der Waals surface area contributed by atoms with Crippen molar-refractivity contribution >= 4 is 67.1 Å². The third-order valence-corrected chi connectivity index (χ3v) is 4.34. The van der Waals surface area contributed by atoms with E-state index >= 15 is 0 Å². The van der Waals surface area contributed by atoms with E-state index in [-0.39, 0.29) is 10.7 Å². The van der Waals surface area contributed by atoms with Gasteiger partial charge in [-0.15, -0.1) is 0 Å². The molecule has 1 aromatic heterocycles. The zero-order valence-electron chi connectivity index (χ0n) is 8.99. The Kier molecular flexibility index (Phi) is 3.69. The van der Waals surface area contributed by atoms with E-state index in [0.717, 1.165) is 0 Å². The molecule has 0 spiro atoms. The van der Waals surface area contributed by atoms with Gasteiger partial charge in [0.1, 0.15) is 11.3 Å². The zero-order valence-corrected chi connectivity index (χ0v) is 13.0. The average molecular weight is 394 g/mol. The number of halogens is 2. The van der Waals surface area contributed by atoms with Gasteiger partial charge in [0, 0.05) is 7.05 Å². The van der Waals surface area contributed by atoms with Crippen LogP contribution in [-0.4, -0.2) is 28.9 Å². The van der Waals surface area contributed by atoms with E-state index in [1.807, 2.05) is 0 Å². The van der Waals surface area contributed by atoms with Crippen LogP contribution in [0.25, 0.3) is 6.08 Å². The highest BCUT2D eigenvalue weighted by molar-refractivity contribution is 9.13. The molecule has 1 aliphatic rings. The van der Waals surface area contributed by atoms with Crippen LogP contribution in [0.15, 0.2) is 25.2 Å². The van der Waals surface area contributed by atoms with Crippen molar-refractivity contribution in [1.29, 1.82) is 0 Å². The van der Waals surface area contributed by atoms with Crippen LogP contribution >= 0.6 is 44.1 Å². The molecule has 5 nitrogen and oxygen atoms in total. The number of rotatable bonds is 1. The van der Waals surface area contributed by atoms with E-state index in [1.54, 1.807) is 6.07 Å². The van der Waals surface area contributed by atoms with Crippen molar-refractivity contribution in [2.45, 2.75) is 0 Å². The molecule has 8 heteroatoms. The largest absolute Gasteiger partial charge is 0.449 e. The van der Waals surface area contributed by atoms with Crippen molar-refractivity contribution in [2.75, 3.05) is 7.05 Å². The van der Waals surface area contributed by atoms with Crippen LogP contribution in [0.4, 0.5) is 0 Å². The first-order valence-corrected chi connectivity index (χ1v) is 6.69. The molecule has 0 unspecified atom stereocenters. The maximum absolute atomic E-state index is 11.9. The third kappa shape index (κ3) is 2.40. The van der Waals surface area contributed by atoms with E-state index in [0.29, 0.717) is 14.9 Å². The molecule has 1 saturated heterocycles. The molecular formula is C10H6Br2N2O3S. The summed E-state index contributed by atoms with van der Waals surface area (Å²) in [6.07, 6.45) is 1.37. The number of likely N-dealkylation sites (N-methyl/N-ethyl adjacent to an activating group) is 1. The number of hydrogen-bond donors (Lipinski definition) is 1. The third-order valence-electron chi connectivity index (χ3n) is 2.26. The fourth-order valence-corrected chi connectivity index (χ4v) is 2.11. The lowest BCUT2D eigenvalue weighted by atomic mass is 10.1. The molecule has 2 rings (SSSR count).